The molecule has 22 heavy (non-hydrogen) atoms. The number of fused-ring (bicyclic) bond motifs is 2. The van der Waals surface area contributed by atoms with Crippen molar-refractivity contribution in [1.29, 1.82) is 0 Å². The molecule has 0 aromatic carbocycles. The largest absolute Gasteiger partial charge is 0.350 e. The SMILES string of the molecule is CC1(C)[C@H]2CC[C@@H](C2)[C@@H]1C[C@@H]1OC[C@@H](CN2CCCCC2)O1. The third-order valence-corrected chi connectivity index (χ3v) is 7.22. The lowest BCUT2D eigenvalue weighted by Crippen LogP contribution is -2.38. The van der Waals surface area contributed by atoms with Crippen molar-refractivity contribution in [3.63, 3.8) is 0 Å². The van der Waals surface area contributed by atoms with Crippen LogP contribution in [0.4, 0.5) is 0 Å². The van der Waals surface area contributed by atoms with Crippen molar-refractivity contribution in [2.45, 2.75) is 71.2 Å². The third kappa shape index (κ3) is 2.85. The average Bonchev–Trinajstić information content (AvgIpc) is 3.19. The molecule has 4 rings (SSSR count). The summed E-state index contributed by atoms with van der Waals surface area (Å²) in [5.41, 5.74) is 0.501. The van der Waals surface area contributed by atoms with E-state index in [0.29, 0.717) is 11.5 Å². The van der Waals surface area contributed by atoms with Crippen LogP contribution in [0.2, 0.25) is 0 Å². The van der Waals surface area contributed by atoms with Crippen LogP contribution in [0, 0.1) is 23.2 Å². The van der Waals surface area contributed by atoms with Gasteiger partial charge in [0, 0.05) is 13.0 Å². The molecule has 0 spiro atoms. The minimum Gasteiger partial charge on any atom is -0.350 e. The van der Waals surface area contributed by atoms with E-state index in [-0.39, 0.29) is 6.29 Å². The number of hydrogen-bond acceptors (Lipinski definition) is 3. The Hall–Kier alpha value is -0.120. The van der Waals surface area contributed by atoms with E-state index in [1.807, 2.05) is 0 Å². The van der Waals surface area contributed by atoms with E-state index in [2.05, 4.69) is 18.7 Å². The highest BCUT2D eigenvalue weighted by molar-refractivity contribution is 5.02. The zero-order valence-electron chi connectivity index (χ0n) is 14.4. The summed E-state index contributed by atoms with van der Waals surface area (Å²) in [4.78, 5) is 2.57. The van der Waals surface area contributed by atoms with Crippen LogP contribution >= 0.6 is 0 Å². The molecule has 2 heterocycles. The topological polar surface area (TPSA) is 21.7 Å². The molecule has 5 atom stereocenters. The van der Waals surface area contributed by atoms with Crippen LogP contribution in [0.25, 0.3) is 0 Å². The van der Waals surface area contributed by atoms with Gasteiger partial charge in [-0.2, -0.15) is 0 Å². The van der Waals surface area contributed by atoms with Crippen LogP contribution in [-0.2, 0) is 9.47 Å². The molecule has 0 amide bonds. The van der Waals surface area contributed by atoms with E-state index in [9.17, 15) is 0 Å². The second-order valence-electron chi connectivity index (χ2n) is 8.82. The molecule has 2 saturated heterocycles. The highest BCUT2D eigenvalue weighted by atomic mass is 16.7. The maximum atomic E-state index is 6.26. The fraction of sp³-hybridized carbons (Fsp3) is 1.00. The Labute approximate surface area is 135 Å². The van der Waals surface area contributed by atoms with Gasteiger partial charge in [0.2, 0.25) is 0 Å². The van der Waals surface area contributed by atoms with E-state index < -0.39 is 0 Å². The first-order valence-corrected chi connectivity index (χ1v) is 9.62. The first kappa shape index (κ1) is 15.4. The van der Waals surface area contributed by atoms with Gasteiger partial charge in [0.15, 0.2) is 6.29 Å². The first-order valence-electron chi connectivity index (χ1n) is 9.62. The van der Waals surface area contributed by atoms with Crippen molar-refractivity contribution in [1.82, 2.24) is 4.90 Å². The molecule has 2 bridgehead atoms. The fourth-order valence-corrected chi connectivity index (χ4v) is 5.83. The molecule has 3 heteroatoms. The van der Waals surface area contributed by atoms with Crippen molar-refractivity contribution in [2.24, 2.45) is 23.2 Å². The van der Waals surface area contributed by atoms with Crippen LogP contribution in [0.3, 0.4) is 0 Å². The molecule has 2 aliphatic heterocycles. The summed E-state index contributed by atoms with van der Waals surface area (Å²) >= 11 is 0. The molecule has 4 fully saturated rings. The maximum absolute atomic E-state index is 6.26. The van der Waals surface area contributed by atoms with Crippen molar-refractivity contribution in [3.05, 3.63) is 0 Å². The Balaban J connectivity index is 1.28. The molecular weight excluding hydrogens is 274 g/mol. The summed E-state index contributed by atoms with van der Waals surface area (Å²) in [5.74, 6) is 2.70. The minimum atomic E-state index is 0.0680. The van der Waals surface area contributed by atoms with Crippen LogP contribution in [0.1, 0.15) is 58.8 Å². The number of ether oxygens (including phenoxy) is 2. The number of piperidine rings is 1. The van der Waals surface area contributed by atoms with E-state index >= 15 is 0 Å². The van der Waals surface area contributed by atoms with Gasteiger partial charge in [-0.1, -0.05) is 20.3 Å². The molecule has 3 nitrogen and oxygen atoms in total. The van der Waals surface area contributed by atoms with Gasteiger partial charge in [0.25, 0.3) is 0 Å². The molecule has 0 radical (unpaired) electrons. The molecule has 4 aliphatic rings. The molecular formula is C19H33NO2. The van der Waals surface area contributed by atoms with E-state index in [0.717, 1.165) is 37.3 Å². The monoisotopic (exact) mass is 307 g/mol. The summed E-state index contributed by atoms with van der Waals surface area (Å²) in [6, 6.07) is 0. The number of likely N-dealkylation sites (tertiary alicyclic amines) is 1. The predicted molar refractivity (Wildman–Crippen MR) is 87.6 cm³/mol. The number of nitrogens with zero attached hydrogens (tertiary/aromatic N) is 1. The number of rotatable bonds is 4. The Bertz CT molecular complexity index is 391. The molecule has 2 saturated carbocycles. The Morgan fingerprint density at radius 2 is 1.91 bits per heavy atom. The zero-order valence-corrected chi connectivity index (χ0v) is 14.4. The third-order valence-electron chi connectivity index (χ3n) is 7.22. The normalized spacial score (nSPS) is 44.7. The van der Waals surface area contributed by atoms with Gasteiger partial charge in [-0.3, -0.25) is 0 Å². The number of hydrogen-bond donors (Lipinski definition) is 0. The van der Waals surface area contributed by atoms with E-state index in [1.165, 1.54) is 51.6 Å². The molecule has 2 aliphatic carbocycles. The Morgan fingerprint density at radius 1 is 1.09 bits per heavy atom. The second kappa shape index (κ2) is 6.07. The minimum absolute atomic E-state index is 0.0680. The maximum Gasteiger partial charge on any atom is 0.158 e. The molecule has 0 N–H and O–H groups in total. The summed E-state index contributed by atoms with van der Waals surface area (Å²) < 4.78 is 12.3. The summed E-state index contributed by atoms with van der Waals surface area (Å²) in [6.07, 6.45) is 9.99. The molecule has 0 aromatic heterocycles. The average molecular weight is 307 g/mol. The lowest BCUT2D eigenvalue weighted by atomic mass is 9.67. The highest BCUT2D eigenvalue weighted by Crippen LogP contribution is 2.60. The highest BCUT2D eigenvalue weighted by Gasteiger charge is 2.53. The summed E-state index contributed by atoms with van der Waals surface area (Å²) in [7, 11) is 0. The lowest BCUT2D eigenvalue weighted by molar-refractivity contribution is -0.0909. The van der Waals surface area contributed by atoms with Crippen molar-refractivity contribution in [3.8, 4) is 0 Å². The first-order chi connectivity index (χ1) is 10.6. The quantitative estimate of drug-likeness (QED) is 0.791. The van der Waals surface area contributed by atoms with Gasteiger partial charge < -0.3 is 14.4 Å². The summed E-state index contributed by atoms with van der Waals surface area (Å²) in [6.45, 7) is 9.37. The van der Waals surface area contributed by atoms with Crippen LogP contribution in [0.15, 0.2) is 0 Å². The van der Waals surface area contributed by atoms with E-state index in [4.69, 9.17) is 9.47 Å². The smallest absolute Gasteiger partial charge is 0.158 e. The van der Waals surface area contributed by atoms with Crippen LogP contribution < -0.4 is 0 Å². The van der Waals surface area contributed by atoms with Gasteiger partial charge in [-0.05, 0) is 68.4 Å². The zero-order chi connectivity index (χ0) is 15.2. The van der Waals surface area contributed by atoms with Gasteiger partial charge in [-0.25, -0.2) is 0 Å². The fourth-order valence-electron chi connectivity index (χ4n) is 5.83. The van der Waals surface area contributed by atoms with Crippen LogP contribution in [-0.4, -0.2) is 43.5 Å². The Kier molecular flexibility index (Phi) is 4.25. The molecule has 0 unspecified atom stereocenters. The van der Waals surface area contributed by atoms with Gasteiger partial charge in [0.05, 0.1) is 12.7 Å². The van der Waals surface area contributed by atoms with Gasteiger partial charge >= 0.3 is 0 Å². The van der Waals surface area contributed by atoms with Gasteiger partial charge in [0.1, 0.15) is 0 Å². The van der Waals surface area contributed by atoms with E-state index in [1.54, 1.807) is 0 Å². The predicted octanol–water partition coefficient (Wildman–Crippen LogP) is 3.68. The van der Waals surface area contributed by atoms with Crippen molar-refractivity contribution >= 4 is 0 Å². The molecule has 0 aromatic rings. The lowest BCUT2D eigenvalue weighted by Gasteiger charge is -2.39. The summed E-state index contributed by atoms with van der Waals surface area (Å²) in [5, 5.41) is 0. The van der Waals surface area contributed by atoms with Crippen LogP contribution in [0.5, 0.6) is 0 Å². The van der Waals surface area contributed by atoms with Crippen molar-refractivity contribution in [2.75, 3.05) is 26.2 Å². The second-order valence-corrected chi connectivity index (χ2v) is 8.82. The Morgan fingerprint density at radius 3 is 2.64 bits per heavy atom. The van der Waals surface area contributed by atoms with Gasteiger partial charge in [-0.15, -0.1) is 0 Å². The van der Waals surface area contributed by atoms with Crippen molar-refractivity contribution < 1.29 is 9.47 Å². The standard InChI is InChI=1S/C19H33NO2/c1-19(2)15-7-6-14(10-15)17(19)11-18-21-13-16(22-18)12-20-8-4-3-5-9-20/h14-18H,3-13H2,1-2H3/t14-,15-,16+,17-,18+/m0/s1. The molecule has 126 valence electrons.